The van der Waals surface area contributed by atoms with Gasteiger partial charge in [-0.1, -0.05) is 60.7 Å². The molecule has 0 heterocycles. The van der Waals surface area contributed by atoms with Crippen molar-refractivity contribution in [1.82, 2.24) is 0 Å². The highest BCUT2D eigenvalue weighted by molar-refractivity contribution is 5.15. The Morgan fingerprint density at radius 3 is 1.86 bits per heavy atom. The van der Waals surface area contributed by atoms with Gasteiger partial charge in [-0.25, -0.2) is 4.39 Å². The predicted octanol–water partition coefficient (Wildman–Crippen LogP) is 4.92. The van der Waals surface area contributed by atoms with Gasteiger partial charge in [-0.3, -0.25) is 0 Å². The van der Waals surface area contributed by atoms with E-state index in [0.29, 0.717) is 26.4 Å². The Hall–Kier alpha value is -1.79. The highest BCUT2D eigenvalue weighted by atomic mass is 19.1. The molecular formula is C24H31FO4. The summed E-state index contributed by atoms with van der Waals surface area (Å²) in [6, 6.07) is 19.6. The molecule has 1 aliphatic carbocycles. The lowest BCUT2D eigenvalue weighted by Crippen LogP contribution is -2.69. The number of halogens is 1. The zero-order valence-corrected chi connectivity index (χ0v) is 17.3. The van der Waals surface area contributed by atoms with Gasteiger partial charge in [0.15, 0.2) is 5.79 Å². The summed E-state index contributed by atoms with van der Waals surface area (Å²) >= 11 is 0. The van der Waals surface area contributed by atoms with Gasteiger partial charge < -0.3 is 18.9 Å². The summed E-state index contributed by atoms with van der Waals surface area (Å²) in [5.41, 5.74) is 0.527. The molecule has 0 bridgehead atoms. The average Bonchev–Trinajstić information content (AvgIpc) is 2.73. The first-order valence-corrected chi connectivity index (χ1v) is 10.3. The van der Waals surface area contributed by atoms with Crippen LogP contribution in [-0.2, 0) is 32.2 Å². The van der Waals surface area contributed by atoms with Gasteiger partial charge in [0.25, 0.3) is 0 Å². The van der Waals surface area contributed by atoms with Crippen LogP contribution in [0.15, 0.2) is 60.7 Å². The smallest absolute Gasteiger partial charge is 0.179 e. The molecule has 0 amide bonds. The van der Waals surface area contributed by atoms with E-state index in [1.807, 2.05) is 74.5 Å². The molecule has 2 unspecified atom stereocenters. The first-order valence-electron chi connectivity index (χ1n) is 10.3. The number of benzene rings is 2. The second-order valence-corrected chi connectivity index (χ2v) is 7.42. The zero-order valence-electron chi connectivity index (χ0n) is 17.3. The molecule has 0 spiro atoms. The Labute approximate surface area is 172 Å². The fourth-order valence-electron chi connectivity index (χ4n) is 3.96. The molecule has 1 fully saturated rings. The summed E-state index contributed by atoms with van der Waals surface area (Å²) in [5, 5.41) is 0. The van der Waals surface area contributed by atoms with Crippen LogP contribution >= 0.6 is 0 Å². The molecule has 4 nitrogen and oxygen atoms in total. The van der Waals surface area contributed by atoms with Crippen molar-refractivity contribution >= 4 is 0 Å². The van der Waals surface area contributed by atoms with Crippen LogP contribution in [0.25, 0.3) is 0 Å². The summed E-state index contributed by atoms with van der Waals surface area (Å²) in [6.45, 7) is 5.70. The van der Waals surface area contributed by atoms with E-state index in [9.17, 15) is 0 Å². The minimum Gasteiger partial charge on any atom is -0.376 e. The third-order valence-corrected chi connectivity index (χ3v) is 5.32. The van der Waals surface area contributed by atoms with Gasteiger partial charge in [-0.2, -0.15) is 0 Å². The van der Waals surface area contributed by atoms with E-state index in [4.69, 9.17) is 18.9 Å². The molecule has 3 rings (SSSR count). The minimum absolute atomic E-state index is 0.0108. The van der Waals surface area contributed by atoms with Gasteiger partial charge in [-0.05, 0) is 25.0 Å². The van der Waals surface area contributed by atoms with E-state index in [2.05, 4.69) is 0 Å². The average molecular weight is 403 g/mol. The lowest BCUT2D eigenvalue weighted by Gasteiger charge is -2.56. The maximum Gasteiger partial charge on any atom is 0.179 e. The number of alkyl halides is 1. The van der Waals surface area contributed by atoms with Gasteiger partial charge in [0.05, 0.1) is 32.3 Å². The largest absolute Gasteiger partial charge is 0.376 e. The third-order valence-electron chi connectivity index (χ3n) is 5.32. The fraction of sp³-hybridized carbons (Fsp3) is 0.500. The van der Waals surface area contributed by atoms with E-state index in [0.717, 1.165) is 11.1 Å². The SMILES string of the molecule is CCOC1(OCC)CC(F)(COCc2ccccc2)C1COCc1ccccc1. The number of hydrogen-bond donors (Lipinski definition) is 0. The first kappa shape index (κ1) is 21.9. The molecule has 158 valence electrons. The van der Waals surface area contributed by atoms with E-state index in [-0.39, 0.29) is 19.6 Å². The van der Waals surface area contributed by atoms with Crippen molar-refractivity contribution in [2.24, 2.45) is 5.92 Å². The van der Waals surface area contributed by atoms with Gasteiger partial charge in [0.1, 0.15) is 5.67 Å². The molecule has 5 heteroatoms. The molecule has 1 aliphatic rings. The lowest BCUT2D eigenvalue weighted by atomic mass is 9.65. The Balaban J connectivity index is 1.62. The standard InChI is InChI=1S/C24H31FO4/c1-3-28-24(29-4-2)18-23(25,19-27-16-21-13-9-6-10-14-21)22(24)17-26-15-20-11-7-5-8-12-20/h5-14,22H,3-4,15-19H2,1-2H3. The summed E-state index contributed by atoms with van der Waals surface area (Å²) in [5.74, 6) is -1.50. The van der Waals surface area contributed by atoms with Crippen molar-refractivity contribution in [3.05, 3.63) is 71.8 Å². The van der Waals surface area contributed by atoms with E-state index in [1.165, 1.54) is 0 Å². The van der Waals surface area contributed by atoms with Crippen LogP contribution in [0.1, 0.15) is 31.4 Å². The molecule has 0 radical (unpaired) electrons. The highest BCUT2D eigenvalue weighted by Gasteiger charge is 2.66. The number of rotatable bonds is 12. The van der Waals surface area contributed by atoms with E-state index >= 15 is 4.39 Å². The predicted molar refractivity (Wildman–Crippen MR) is 110 cm³/mol. The lowest BCUT2D eigenvalue weighted by molar-refractivity contribution is -0.369. The Morgan fingerprint density at radius 2 is 1.34 bits per heavy atom. The molecule has 0 aromatic heterocycles. The van der Waals surface area contributed by atoms with Crippen molar-refractivity contribution in [1.29, 1.82) is 0 Å². The number of hydrogen-bond acceptors (Lipinski definition) is 4. The fourth-order valence-corrected chi connectivity index (χ4v) is 3.96. The molecule has 2 atom stereocenters. The summed E-state index contributed by atoms with van der Waals surface area (Å²) in [7, 11) is 0. The number of ether oxygens (including phenoxy) is 4. The Morgan fingerprint density at radius 1 is 0.828 bits per heavy atom. The van der Waals surface area contributed by atoms with Crippen LogP contribution in [0.2, 0.25) is 0 Å². The molecule has 0 aliphatic heterocycles. The monoisotopic (exact) mass is 402 g/mol. The molecular weight excluding hydrogens is 371 g/mol. The molecule has 0 saturated heterocycles. The maximum absolute atomic E-state index is 15.8. The molecule has 2 aromatic carbocycles. The van der Waals surface area contributed by atoms with Crippen molar-refractivity contribution < 1.29 is 23.3 Å². The first-order chi connectivity index (χ1) is 14.1. The topological polar surface area (TPSA) is 36.9 Å². The van der Waals surface area contributed by atoms with Gasteiger partial charge in [0, 0.05) is 19.6 Å². The molecule has 0 N–H and O–H groups in total. The van der Waals surface area contributed by atoms with Crippen LogP contribution in [0, 0.1) is 5.92 Å². The second kappa shape index (κ2) is 10.3. The van der Waals surface area contributed by atoms with Gasteiger partial charge in [-0.15, -0.1) is 0 Å². The minimum atomic E-state index is -1.55. The summed E-state index contributed by atoms with van der Waals surface area (Å²) < 4.78 is 39.1. The third kappa shape index (κ3) is 5.43. The zero-order chi connectivity index (χ0) is 20.6. The maximum atomic E-state index is 15.8. The van der Waals surface area contributed by atoms with Crippen molar-refractivity contribution in [3.63, 3.8) is 0 Å². The van der Waals surface area contributed by atoms with Crippen molar-refractivity contribution in [2.75, 3.05) is 26.4 Å². The second-order valence-electron chi connectivity index (χ2n) is 7.42. The van der Waals surface area contributed by atoms with E-state index < -0.39 is 17.4 Å². The van der Waals surface area contributed by atoms with Crippen molar-refractivity contribution in [3.8, 4) is 0 Å². The molecule has 2 aromatic rings. The van der Waals surface area contributed by atoms with Crippen molar-refractivity contribution in [2.45, 2.75) is 44.9 Å². The normalized spacial score (nSPS) is 22.9. The van der Waals surface area contributed by atoms with Crippen LogP contribution in [0.4, 0.5) is 4.39 Å². The quantitative estimate of drug-likeness (QED) is 0.473. The van der Waals surface area contributed by atoms with Crippen LogP contribution in [0.3, 0.4) is 0 Å². The Kier molecular flexibility index (Phi) is 7.78. The summed E-state index contributed by atoms with van der Waals surface area (Å²) in [6.07, 6.45) is 0.149. The molecule has 29 heavy (non-hydrogen) atoms. The van der Waals surface area contributed by atoms with Gasteiger partial charge in [0.2, 0.25) is 0 Å². The van der Waals surface area contributed by atoms with Crippen LogP contribution < -0.4 is 0 Å². The highest BCUT2D eigenvalue weighted by Crippen LogP contribution is 2.53. The molecule has 1 saturated carbocycles. The Bertz CT molecular complexity index is 718. The summed E-state index contributed by atoms with van der Waals surface area (Å²) in [4.78, 5) is 0. The van der Waals surface area contributed by atoms with E-state index in [1.54, 1.807) is 0 Å². The van der Waals surface area contributed by atoms with Crippen LogP contribution in [0.5, 0.6) is 0 Å². The van der Waals surface area contributed by atoms with Gasteiger partial charge >= 0.3 is 0 Å². The van der Waals surface area contributed by atoms with Crippen LogP contribution in [-0.4, -0.2) is 37.9 Å².